The van der Waals surface area contributed by atoms with Crippen LogP contribution in [0.15, 0.2) is 71.8 Å². The summed E-state index contributed by atoms with van der Waals surface area (Å²) in [7, 11) is -4.13. The van der Waals surface area contributed by atoms with Crippen molar-refractivity contribution in [3.63, 3.8) is 0 Å². The van der Waals surface area contributed by atoms with E-state index in [9.17, 15) is 22.4 Å². The second-order valence-electron chi connectivity index (χ2n) is 5.85. The summed E-state index contributed by atoms with van der Waals surface area (Å²) in [5, 5.41) is 2.50. The number of hydrogen-bond donors (Lipinski definition) is 3. The van der Waals surface area contributed by atoms with Crippen LogP contribution in [0.25, 0.3) is 0 Å². The van der Waals surface area contributed by atoms with E-state index in [1.807, 2.05) is 0 Å². The van der Waals surface area contributed by atoms with Crippen LogP contribution in [0, 0.1) is 5.82 Å². The molecule has 2 aromatic carbocycles. The zero-order chi connectivity index (χ0) is 21.0. The molecule has 148 valence electrons. The van der Waals surface area contributed by atoms with Crippen LogP contribution in [0.4, 0.5) is 15.8 Å². The number of benzene rings is 2. The average Bonchev–Trinajstić information content (AvgIpc) is 2.70. The molecule has 0 aliphatic heterocycles. The van der Waals surface area contributed by atoms with E-state index in [-0.39, 0.29) is 27.5 Å². The average molecular weight is 414 g/mol. The van der Waals surface area contributed by atoms with E-state index >= 15 is 0 Å². The molecule has 0 aliphatic carbocycles. The Bertz CT molecular complexity index is 1170. The van der Waals surface area contributed by atoms with Crippen molar-refractivity contribution in [3.8, 4) is 0 Å². The van der Waals surface area contributed by atoms with E-state index < -0.39 is 27.7 Å². The van der Waals surface area contributed by atoms with Crippen LogP contribution in [-0.4, -0.2) is 25.2 Å². The molecule has 29 heavy (non-hydrogen) atoms. The first-order valence-electron chi connectivity index (χ1n) is 8.21. The predicted molar refractivity (Wildman–Crippen MR) is 104 cm³/mol. The third-order valence-corrected chi connectivity index (χ3v) is 5.20. The molecule has 0 unspecified atom stereocenters. The molecule has 0 aliphatic rings. The molecule has 0 bridgehead atoms. The number of aromatic nitrogens is 1. The van der Waals surface area contributed by atoms with Gasteiger partial charge in [-0.1, -0.05) is 6.07 Å². The second kappa shape index (κ2) is 8.07. The Labute approximate surface area is 165 Å². The van der Waals surface area contributed by atoms with Gasteiger partial charge in [0.1, 0.15) is 11.5 Å². The maximum Gasteiger partial charge on any atom is 0.274 e. The number of nitrogens with two attached hydrogens (primary N) is 1. The predicted octanol–water partition coefficient (Wildman–Crippen LogP) is 2.37. The van der Waals surface area contributed by atoms with Crippen molar-refractivity contribution in [1.82, 2.24) is 4.98 Å². The number of anilines is 2. The van der Waals surface area contributed by atoms with Crippen LogP contribution in [0.1, 0.15) is 20.8 Å². The Hall–Kier alpha value is -3.79. The lowest BCUT2D eigenvalue weighted by molar-refractivity contribution is 0.0997. The summed E-state index contributed by atoms with van der Waals surface area (Å²) in [5.41, 5.74) is 5.25. The summed E-state index contributed by atoms with van der Waals surface area (Å²) in [6.45, 7) is 0. The minimum atomic E-state index is -4.13. The van der Waals surface area contributed by atoms with Gasteiger partial charge in [-0.25, -0.2) is 12.8 Å². The molecule has 2 amide bonds. The maximum absolute atomic E-state index is 13.7. The Morgan fingerprint density at radius 1 is 0.966 bits per heavy atom. The zero-order valence-electron chi connectivity index (χ0n) is 14.8. The lowest BCUT2D eigenvalue weighted by atomic mass is 10.2. The fourth-order valence-electron chi connectivity index (χ4n) is 2.40. The van der Waals surface area contributed by atoms with Gasteiger partial charge >= 0.3 is 0 Å². The minimum absolute atomic E-state index is 0.0411. The molecule has 0 saturated carbocycles. The van der Waals surface area contributed by atoms with Crippen molar-refractivity contribution in [2.24, 2.45) is 5.73 Å². The number of pyridine rings is 1. The van der Waals surface area contributed by atoms with Crippen LogP contribution >= 0.6 is 0 Å². The molecule has 3 rings (SSSR count). The first kappa shape index (κ1) is 20.0. The summed E-state index contributed by atoms with van der Waals surface area (Å²) in [4.78, 5) is 27.2. The van der Waals surface area contributed by atoms with Gasteiger partial charge in [0.15, 0.2) is 0 Å². The number of halogens is 1. The summed E-state index contributed by atoms with van der Waals surface area (Å²) in [5.74, 6) is -2.00. The smallest absolute Gasteiger partial charge is 0.274 e. The van der Waals surface area contributed by atoms with Crippen molar-refractivity contribution in [2.45, 2.75) is 4.90 Å². The standard InChI is InChI=1S/C19H15FN4O4S/c20-13-6-9-15(23-19(26)16-3-1-2-10-22-16)17(11-13)24-29(27,28)14-7-4-12(5-8-14)18(21)25/h1-11,24H,(H2,21,25)(H,23,26). The molecule has 8 nitrogen and oxygen atoms in total. The van der Waals surface area contributed by atoms with Crippen molar-refractivity contribution in [2.75, 3.05) is 10.0 Å². The number of sulfonamides is 1. The Balaban J connectivity index is 1.89. The molecule has 1 heterocycles. The first-order chi connectivity index (χ1) is 13.8. The van der Waals surface area contributed by atoms with Crippen LogP contribution in [0.5, 0.6) is 0 Å². The van der Waals surface area contributed by atoms with E-state index in [0.29, 0.717) is 0 Å². The highest BCUT2D eigenvalue weighted by Crippen LogP contribution is 2.26. The number of rotatable bonds is 6. The van der Waals surface area contributed by atoms with Crippen LogP contribution in [0.2, 0.25) is 0 Å². The van der Waals surface area contributed by atoms with Gasteiger partial charge in [0, 0.05) is 17.8 Å². The number of carbonyl (C=O) groups is 2. The quantitative estimate of drug-likeness (QED) is 0.570. The molecular weight excluding hydrogens is 399 g/mol. The van der Waals surface area contributed by atoms with E-state index in [1.54, 1.807) is 12.1 Å². The Morgan fingerprint density at radius 2 is 1.69 bits per heavy atom. The lowest BCUT2D eigenvalue weighted by Gasteiger charge is -2.14. The van der Waals surface area contributed by atoms with E-state index in [0.717, 1.165) is 12.1 Å². The molecule has 10 heteroatoms. The monoisotopic (exact) mass is 414 g/mol. The van der Waals surface area contributed by atoms with E-state index in [4.69, 9.17) is 5.73 Å². The summed E-state index contributed by atoms with van der Waals surface area (Å²) >= 11 is 0. The van der Waals surface area contributed by atoms with Gasteiger partial charge in [-0.2, -0.15) is 0 Å². The molecule has 0 atom stereocenters. The summed E-state index contributed by atoms with van der Waals surface area (Å²) in [6, 6.07) is 12.9. The highest BCUT2D eigenvalue weighted by atomic mass is 32.2. The van der Waals surface area contributed by atoms with Crippen LogP contribution in [-0.2, 0) is 10.0 Å². The van der Waals surface area contributed by atoms with Crippen molar-refractivity contribution < 1.29 is 22.4 Å². The van der Waals surface area contributed by atoms with Crippen molar-refractivity contribution in [1.29, 1.82) is 0 Å². The second-order valence-corrected chi connectivity index (χ2v) is 7.54. The largest absolute Gasteiger partial charge is 0.366 e. The topological polar surface area (TPSA) is 131 Å². The van der Waals surface area contributed by atoms with E-state index in [2.05, 4.69) is 15.0 Å². The number of amides is 2. The number of hydrogen-bond acceptors (Lipinski definition) is 5. The van der Waals surface area contributed by atoms with Crippen LogP contribution < -0.4 is 15.8 Å². The Morgan fingerprint density at radius 3 is 2.31 bits per heavy atom. The van der Waals surface area contributed by atoms with Gasteiger partial charge in [0.05, 0.1) is 16.3 Å². The van der Waals surface area contributed by atoms with Crippen molar-refractivity contribution >= 4 is 33.2 Å². The van der Waals surface area contributed by atoms with Crippen molar-refractivity contribution in [3.05, 3.63) is 83.9 Å². The highest BCUT2D eigenvalue weighted by Gasteiger charge is 2.18. The fourth-order valence-corrected chi connectivity index (χ4v) is 3.47. The molecule has 0 radical (unpaired) electrons. The fraction of sp³-hybridized carbons (Fsp3) is 0. The third-order valence-electron chi connectivity index (χ3n) is 3.82. The molecular formula is C19H15FN4O4S. The van der Waals surface area contributed by atoms with Gasteiger partial charge in [0.25, 0.3) is 15.9 Å². The van der Waals surface area contributed by atoms with Gasteiger partial charge in [-0.05, 0) is 48.5 Å². The van der Waals surface area contributed by atoms with Gasteiger partial charge in [-0.15, -0.1) is 0 Å². The van der Waals surface area contributed by atoms with E-state index in [1.165, 1.54) is 42.6 Å². The minimum Gasteiger partial charge on any atom is -0.366 e. The zero-order valence-corrected chi connectivity index (χ0v) is 15.6. The summed E-state index contributed by atoms with van der Waals surface area (Å²) < 4.78 is 41.2. The maximum atomic E-state index is 13.7. The Kier molecular flexibility index (Phi) is 5.55. The number of nitrogens with zero attached hydrogens (tertiary/aromatic N) is 1. The third kappa shape index (κ3) is 4.74. The number of carbonyl (C=O) groups excluding carboxylic acids is 2. The van der Waals surface area contributed by atoms with Gasteiger partial charge in [-0.3, -0.25) is 19.3 Å². The molecule has 0 spiro atoms. The molecule has 3 aromatic rings. The number of nitrogens with one attached hydrogen (secondary N) is 2. The SMILES string of the molecule is NC(=O)c1ccc(S(=O)(=O)Nc2cc(F)ccc2NC(=O)c2ccccn2)cc1. The summed E-state index contributed by atoms with van der Waals surface area (Å²) in [6.07, 6.45) is 1.43. The van der Waals surface area contributed by atoms with Gasteiger partial charge < -0.3 is 11.1 Å². The molecule has 0 fully saturated rings. The number of primary amides is 1. The molecule has 1 aromatic heterocycles. The van der Waals surface area contributed by atoms with Crippen LogP contribution in [0.3, 0.4) is 0 Å². The first-order valence-corrected chi connectivity index (χ1v) is 9.69. The molecule has 0 saturated heterocycles. The highest BCUT2D eigenvalue weighted by molar-refractivity contribution is 7.92. The normalized spacial score (nSPS) is 10.9. The lowest BCUT2D eigenvalue weighted by Crippen LogP contribution is -2.18. The molecule has 4 N–H and O–H groups in total. The van der Waals surface area contributed by atoms with Gasteiger partial charge in [0.2, 0.25) is 5.91 Å².